The van der Waals surface area contributed by atoms with Crippen LogP contribution >= 0.6 is 11.3 Å². The number of hydrogen-bond acceptors (Lipinski definition) is 6. The van der Waals surface area contributed by atoms with Gasteiger partial charge in [0.2, 0.25) is 4.96 Å². The minimum atomic E-state index is 0.0824. The fourth-order valence-electron chi connectivity index (χ4n) is 2.75. The zero-order valence-corrected chi connectivity index (χ0v) is 12.6. The topological polar surface area (TPSA) is 76.3 Å². The van der Waals surface area contributed by atoms with Crippen molar-refractivity contribution in [2.24, 2.45) is 0 Å². The van der Waals surface area contributed by atoms with E-state index < -0.39 is 0 Å². The predicted octanol–water partition coefficient (Wildman–Crippen LogP) is 1.60. The average molecular weight is 314 g/mol. The standard InChI is InChI=1S/C14H14N6OS/c21-13(11-1-5-15-6-2-11)19-7-3-10(4-8-19)12-18-20-9-16-17-14(20)22-12/h1-2,5-6,9-10H,3-4,7-8H2. The van der Waals surface area contributed by atoms with Crippen LogP contribution in [0, 0.1) is 0 Å². The van der Waals surface area contributed by atoms with E-state index in [2.05, 4.69) is 20.3 Å². The SMILES string of the molecule is O=C(c1ccncc1)N1CCC(c2nn3cnnc3s2)CC1. The Morgan fingerprint density at radius 3 is 2.73 bits per heavy atom. The zero-order chi connectivity index (χ0) is 14.9. The van der Waals surface area contributed by atoms with Crippen molar-refractivity contribution in [1.82, 2.24) is 29.7 Å². The van der Waals surface area contributed by atoms with Crippen LogP contribution in [-0.4, -0.2) is 48.7 Å². The Morgan fingerprint density at radius 1 is 1.23 bits per heavy atom. The third-order valence-corrected chi connectivity index (χ3v) is 5.04. The lowest BCUT2D eigenvalue weighted by atomic mass is 9.97. The maximum atomic E-state index is 12.4. The van der Waals surface area contributed by atoms with Crippen LogP contribution in [0.3, 0.4) is 0 Å². The number of fused-ring (bicyclic) bond motifs is 1. The molecule has 0 radical (unpaired) electrons. The quantitative estimate of drug-likeness (QED) is 0.718. The summed E-state index contributed by atoms with van der Waals surface area (Å²) in [7, 11) is 0. The Kier molecular flexibility index (Phi) is 3.30. The molecule has 112 valence electrons. The second-order valence-corrected chi connectivity index (χ2v) is 6.29. The van der Waals surface area contributed by atoms with Crippen molar-refractivity contribution in [2.75, 3.05) is 13.1 Å². The van der Waals surface area contributed by atoms with Gasteiger partial charge in [0.25, 0.3) is 5.91 Å². The fraction of sp³-hybridized carbons (Fsp3) is 0.357. The van der Waals surface area contributed by atoms with E-state index >= 15 is 0 Å². The van der Waals surface area contributed by atoms with Gasteiger partial charge in [-0.3, -0.25) is 9.78 Å². The molecule has 0 aliphatic carbocycles. The summed E-state index contributed by atoms with van der Waals surface area (Å²) in [5, 5.41) is 13.4. The van der Waals surface area contributed by atoms with Crippen molar-refractivity contribution in [3.8, 4) is 0 Å². The van der Waals surface area contributed by atoms with E-state index in [1.807, 2.05) is 4.90 Å². The second-order valence-electron chi connectivity index (χ2n) is 5.30. The highest BCUT2D eigenvalue weighted by molar-refractivity contribution is 7.16. The third-order valence-electron chi connectivity index (χ3n) is 3.96. The monoisotopic (exact) mass is 314 g/mol. The normalized spacial score (nSPS) is 16.3. The molecule has 0 unspecified atom stereocenters. The van der Waals surface area contributed by atoms with Gasteiger partial charge in [0.1, 0.15) is 11.3 Å². The summed E-state index contributed by atoms with van der Waals surface area (Å²) in [5.74, 6) is 0.479. The first-order valence-electron chi connectivity index (χ1n) is 7.17. The number of carbonyl (C=O) groups is 1. The lowest BCUT2D eigenvalue weighted by Crippen LogP contribution is -2.37. The summed E-state index contributed by atoms with van der Waals surface area (Å²) in [5.41, 5.74) is 0.701. The minimum absolute atomic E-state index is 0.0824. The summed E-state index contributed by atoms with van der Waals surface area (Å²) >= 11 is 1.58. The Hall–Kier alpha value is -2.35. The fourth-order valence-corrected chi connectivity index (χ4v) is 3.73. The number of hydrogen-bond donors (Lipinski definition) is 0. The van der Waals surface area contributed by atoms with E-state index in [0.29, 0.717) is 11.5 Å². The van der Waals surface area contributed by atoms with Gasteiger partial charge in [0, 0.05) is 37.0 Å². The first-order valence-corrected chi connectivity index (χ1v) is 7.99. The molecule has 4 heterocycles. The van der Waals surface area contributed by atoms with Gasteiger partial charge in [0.05, 0.1) is 0 Å². The summed E-state index contributed by atoms with van der Waals surface area (Å²) in [4.78, 5) is 19.1. The molecule has 0 spiro atoms. The molecular weight excluding hydrogens is 300 g/mol. The maximum Gasteiger partial charge on any atom is 0.253 e. The predicted molar refractivity (Wildman–Crippen MR) is 80.8 cm³/mol. The molecule has 0 N–H and O–H groups in total. The van der Waals surface area contributed by atoms with Gasteiger partial charge < -0.3 is 4.90 Å². The van der Waals surface area contributed by atoms with Crippen LogP contribution in [0.25, 0.3) is 4.96 Å². The number of rotatable bonds is 2. The Bertz CT molecular complexity index is 761. The molecule has 8 heteroatoms. The average Bonchev–Trinajstić information content (AvgIpc) is 3.17. The zero-order valence-electron chi connectivity index (χ0n) is 11.8. The van der Waals surface area contributed by atoms with Crippen LogP contribution in [0.1, 0.15) is 34.1 Å². The van der Waals surface area contributed by atoms with E-state index in [0.717, 1.165) is 35.9 Å². The molecule has 4 rings (SSSR count). The summed E-state index contributed by atoms with van der Waals surface area (Å²) in [6.45, 7) is 1.51. The summed E-state index contributed by atoms with van der Waals surface area (Å²) in [6.07, 6.45) is 6.79. The van der Waals surface area contributed by atoms with Gasteiger partial charge in [-0.05, 0) is 25.0 Å². The molecule has 0 atom stereocenters. The van der Waals surface area contributed by atoms with Crippen LogP contribution in [0.2, 0.25) is 0 Å². The van der Waals surface area contributed by atoms with Crippen molar-refractivity contribution in [3.05, 3.63) is 41.4 Å². The number of aromatic nitrogens is 5. The molecule has 1 fully saturated rings. The van der Waals surface area contributed by atoms with Crippen LogP contribution in [0.15, 0.2) is 30.9 Å². The lowest BCUT2D eigenvalue weighted by molar-refractivity contribution is 0.0712. The van der Waals surface area contributed by atoms with Crippen LogP contribution in [0.4, 0.5) is 0 Å². The Labute approximate surface area is 130 Å². The lowest BCUT2D eigenvalue weighted by Gasteiger charge is -2.31. The maximum absolute atomic E-state index is 12.4. The van der Waals surface area contributed by atoms with E-state index in [1.54, 1.807) is 46.7 Å². The van der Waals surface area contributed by atoms with Gasteiger partial charge in [-0.25, -0.2) is 0 Å². The van der Waals surface area contributed by atoms with Crippen LogP contribution in [-0.2, 0) is 0 Å². The van der Waals surface area contributed by atoms with Crippen molar-refractivity contribution in [3.63, 3.8) is 0 Å². The highest BCUT2D eigenvalue weighted by Gasteiger charge is 2.26. The molecule has 22 heavy (non-hydrogen) atoms. The van der Waals surface area contributed by atoms with Gasteiger partial charge in [-0.1, -0.05) is 11.3 Å². The molecule has 1 aliphatic heterocycles. The largest absolute Gasteiger partial charge is 0.339 e. The molecule has 1 amide bonds. The second kappa shape index (κ2) is 5.45. The first kappa shape index (κ1) is 13.3. The van der Waals surface area contributed by atoms with E-state index in [9.17, 15) is 4.79 Å². The van der Waals surface area contributed by atoms with E-state index in [-0.39, 0.29) is 5.91 Å². The van der Waals surface area contributed by atoms with Gasteiger partial charge >= 0.3 is 0 Å². The van der Waals surface area contributed by atoms with E-state index in [4.69, 9.17) is 0 Å². The molecule has 1 saturated heterocycles. The smallest absolute Gasteiger partial charge is 0.253 e. The molecular formula is C14H14N6OS. The summed E-state index contributed by atoms with van der Waals surface area (Å²) in [6, 6.07) is 3.52. The number of amides is 1. The highest BCUT2D eigenvalue weighted by Crippen LogP contribution is 2.31. The Morgan fingerprint density at radius 2 is 2.00 bits per heavy atom. The van der Waals surface area contributed by atoms with Crippen molar-refractivity contribution in [1.29, 1.82) is 0 Å². The van der Waals surface area contributed by atoms with Crippen molar-refractivity contribution < 1.29 is 4.79 Å². The first-order chi connectivity index (χ1) is 10.8. The molecule has 3 aromatic rings. The van der Waals surface area contributed by atoms with Gasteiger partial charge in [-0.15, -0.1) is 10.2 Å². The van der Waals surface area contributed by atoms with Crippen molar-refractivity contribution >= 4 is 22.2 Å². The number of pyridine rings is 1. The summed E-state index contributed by atoms with van der Waals surface area (Å²) < 4.78 is 1.72. The molecule has 0 bridgehead atoms. The molecule has 0 saturated carbocycles. The van der Waals surface area contributed by atoms with Crippen LogP contribution in [0.5, 0.6) is 0 Å². The highest BCUT2D eigenvalue weighted by atomic mass is 32.1. The number of nitrogens with zero attached hydrogens (tertiary/aromatic N) is 6. The van der Waals surface area contributed by atoms with E-state index in [1.165, 1.54) is 0 Å². The van der Waals surface area contributed by atoms with Gasteiger partial charge in [-0.2, -0.15) is 9.61 Å². The molecule has 0 aromatic carbocycles. The molecule has 1 aliphatic rings. The Balaban J connectivity index is 1.44. The van der Waals surface area contributed by atoms with Gasteiger partial charge in [0.15, 0.2) is 0 Å². The third kappa shape index (κ3) is 2.35. The number of carbonyl (C=O) groups excluding carboxylic acids is 1. The minimum Gasteiger partial charge on any atom is -0.339 e. The molecule has 3 aromatic heterocycles. The van der Waals surface area contributed by atoms with Crippen molar-refractivity contribution in [2.45, 2.75) is 18.8 Å². The number of likely N-dealkylation sites (tertiary alicyclic amines) is 1. The molecule has 7 nitrogen and oxygen atoms in total. The number of piperidine rings is 1. The van der Waals surface area contributed by atoms with Crippen LogP contribution < -0.4 is 0 Å².